The zero-order valence-electron chi connectivity index (χ0n) is 18.6. The molecule has 0 bridgehead atoms. The van der Waals surface area contributed by atoms with Crippen molar-refractivity contribution in [1.82, 2.24) is 15.3 Å². The molecule has 3 aromatic rings. The van der Waals surface area contributed by atoms with Crippen LogP contribution in [-0.4, -0.2) is 33.6 Å². The van der Waals surface area contributed by atoms with Crippen LogP contribution >= 0.6 is 11.3 Å². The Kier molecular flexibility index (Phi) is 6.28. The molecule has 1 unspecified atom stereocenters. The van der Waals surface area contributed by atoms with E-state index >= 15 is 0 Å². The molecule has 1 atom stereocenters. The molecule has 1 saturated carbocycles. The summed E-state index contributed by atoms with van der Waals surface area (Å²) in [6.45, 7) is 2.48. The van der Waals surface area contributed by atoms with Gasteiger partial charge in [-0.1, -0.05) is 12.1 Å². The first kappa shape index (κ1) is 21.9. The Morgan fingerprint density at radius 1 is 1.24 bits per heavy atom. The monoisotopic (exact) mass is 464 g/mol. The van der Waals surface area contributed by atoms with Crippen molar-refractivity contribution >= 4 is 28.2 Å². The number of nitrogens with one attached hydrogen (secondary N) is 2. The second-order valence-electron chi connectivity index (χ2n) is 8.51. The molecule has 0 radical (unpaired) electrons. The molecule has 2 heterocycles. The summed E-state index contributed by atoms with van der Waals surface area (Å²) in [7, 11) is 0. The molecule has 2 aromatic heterocycles. The van der Waals surface area contributed by atoms with E-state index in [1.807, 2.05) is 37.3 Å². The summed E-state index contributed by atoms with van der Waals surface area (Å²) < 4.78 is 6.41. The number of aryl methyl sites for hydroxylation is 1. The summed E-state index contributed by atoms with van der Waals surface area (Å²) >= 11 is 1.56. The predicted molar refractivity (Wildman–Crippen MR) is 129 cm³/mol. The fourth-order valence-corrected chi connectivity index (χ4v) is 5.24. The Balaban J connectivity index is 1.51. The third-order valence-electron chi connectivity index (χ3n) is 6.16. The number of aliphatic hydroxyl groups excluding tert-OH is 1. The molecule has 7 nitrogen and oxygen atoms in total. The van der Waals surface area contributed by atoms with E-state index in [1.54, 1.807) is 17.5 Å². The third-order valence-corrected chi connectivity index (χ3v) is 7.21. The van der Waals surface area contributed by atoms with Gasteiger partial charge in [0.15, 0.2) is 16.7 Å². The van der Waals surface area contributed by atoms with Crippen LogP contribution in [0, 0.1) is 0 Å². The van der Waals surface area contributed by atoms with Gasteiger partial charge in [-0.3, -0.25) is 4.79 Å². The minimum Gasteiger partial charge on any atom is -0.486 e. The maximum absolute atomic E-state index is 12.4. The highest BCUT2D eigenvalue weighted by molar-refractivity contribution is 7.15. The highest BCUT2D eigenvalue weighted by Crippen LogP contribution is 2.41. The lowest BCUT2D eigenvalue weighted by Crippen LogP contribution is -2.25. The van der Waals surface area contributed by atoms with Crippen molar-refractivity contribution in [2.75, 3.05) is 11.9 Å². The molecule has 2 aliphatic rings. The van der Waals surface area contributed by atoms with Crippen LogP contribution < -0.4 is 15.4 Å². The number of carbonyl (C=O) groups excluding carboxylic acids is 1. The van der Waals surface area contributed by atoms with Crippen molar-refractivity contribution in [2.45, 2.75) is 57.7 Å². The van der Waals surface area contributed by atoms with E-state index in [-0.39, 0.29) is 12.0 Å². The number of rotatable bonds is 7. The quantitative estimate of drug-likeness (QED) is 0.455. The normalized spacial score (nSPS) is 17.7. The van der Waals surface area contributed by atoms with Crippen LogP contribution in [0.1, 0.15) is 66.1 Å². The number of hydrogen-bond donors (Lipinski definition) is 3. The number of hydrogen-bond acceptors (Lipinski definition) is 7. The highest BCUT2D eigenvalue weighted by atomic mass is 32.1. The molecule has 5 rings (SSSR count). The van der Waals surface area contributed by atoms with E-state index in [0.717, 1.165) is 60.2 Å². The van der Waals surface area contributed by atoms with Crippen molar-refractivity contribution in [3.8, 4) is 16.9 Å². The first-order valence-electron chi connectivity index (χ1n) is 11.6. The van der Waals surface area contributed by atoms with Crippen LogP contribution in [-0.2, 0) is 6.42 Å². The third kappa shape index (κ3) is 4.58. The minimum atomic E-state index is -0.498. The zero-order valence-corrected chi connectivity index (χ0v) is 19.5. The van der Waals surface area contributed by atoms with Gasteiger partial charge >= 0.3 is 0 Å². The maximum atomic E-state index is 12.4. The molecular formula is C25H28N4O3S. The minimum absolute atomic E-state index is 0.0971. The largest absolute Gasteiger partial charge is 0.486 e. The van der Waals surface area contributed by atoms with Crippen molar-refractivity contribution in [3.05, 3.63) is 52.7 Å². The van der Waals surface area contributed by atoms with Gasteiger partial charge in [-0.2, -0.15) is 0 Å². The lowest BCUT2D eigenvalue weighted by molar-refractivity contribution is 0.0955. The van der Waals surface area contributed by atoms with Gasteiger partial charge in [0.2, 0.25) is 0 Å². The standard InChI is InChI=1S/C25H28N4O3S/c1-2-26-24(31)16-7-3-6-15(14-16)18-12-13-27-23(22(18)32-17-8-4-9-17)29-25-28-21-19(30)10-5-11-20(21)33-25/h3,6-7,12-14,17,19,30H,2,4-5,8-11H2,1H3,(H,26,31)(H,27,28,29). The maximum Gasteiger partial charge on any atom is 0.251 e. The first-order chi connectivity index (χ1) is 16.1. The molecule has 2 aliphatic carbocycles. The van der Waals surface area contributed by atoms with Gasteiger partial charge in [-0.05, 0) is 69.2 Å². The predicted octanol–water partition coefficient (Wildman–Crippen LogP) is 5.00. The number of fused-ring (bicyclic) bond motifs is 1. The van der Waals surface area contributed by atoms with Crippen molar-refractivity contribution < 1.29 is 14.6 Å². The van der Waals surface area contributed by atoms with Crippen LogP contribution in [0.5, 0.6) is 5.75 Å². The molecule has 0 spiro atoms. The average Bonchev–Trinajstić information content (AvgIpc) is 3.21. The zero-order chi connectivity index (χ0) is 22.8. The van der Waals surface area contributed by atoms with E-state index in [4.69, 9.17) is 4.74 Å². The molecule has 33 heavy (non-hydrogen) atoms. The van der Waals surface area contributed by atoms with Crippen molar-refractivity contribution in [2.24, 2.45) is 0 Å². The van der Waals surface area contributed by atoms with Crippen molar-refractivity contribution in [3.63, 3.8) is 0 Å². The Morgan fingerprint density at radius 3 is 2.88 bits per heavy atom. The fraction of sp³-hybridized carbons (Fsp3) is 0.400. The number of nitrogens with zero attached hydrogens (tertiary/aromatic N) is 2. The van der Waals surface area contributed by atoms with Crippen LogP contribution in [0.4, 0.5) is 10.9 Å². The van der Waals surface area contributed by atoms with Gasteiger partial charge in [-0.15, -0.1) is 11.3 Å². The molecule has 0 saturated heterocycles. The Bertz CT molecular complexity index is 1160. The van der Waals surface area contributed by atoms with Gasteiger partial charge in [-0.25, -0.2) is 9.97 Å². The van der Waals surface area contributed by atoms with Crippen molar-refractivity contribution in [1.29, 1.82) is 0 Å². The number of anilines is 2. The van der Waals surface area contributed by atoms with E-state index in [1.165, 1.54) is 0 Å². The average molecular weight is 465 g/mol. The molecule has 8 heteroatoms. The molecule has 172 valence electrons. The molecule has 0 aliphatic heterocycles. The van der Waals surface area contributed by atoms with Gasteiger partial charge in [0.05, 0.1) is 17.9 Å². The van der Waals surface area contributed by atoms with Gasteiger partial charge < -0.3 is 20.5 Å². The van der Waals surface area contributed by atoms with E-state index in [0.29, 0.717) is 28.8 Å². The number of pyridine rings is 1. The van der Waals surface area contributed by atoms with Crippen LogP contribution in [0.25, 0.3) is 11.1 Å². The van der Waals surface area contributed by atoms with Crippen LogP contribution in [0.15, 0.2) is 36.5 Å². The molecular weight excluding hydrogens is 436 g/mol. The summed E-state index contributed by atoms with van der Waals surface area (Å²) in [5, 5.41) is 17.2. The number of benzene rings is 1. The Hall–Kier alpha value is -2.97. The van der Waals surface area contributed by atoms with Crippen LogP contribution in [0.3, 0.4) is 0 Å². The molecule has 1 amide bonds. The Morgan fingerprint density at radius 2 is 2.12 bits per heavy atom. The second-order valence-corrected chi connectivity index (χ2v) is 9.59. The molecule has 1 aromatic carbocycles. The van der Waals surface area contributed by atoms with Gasteiger partial charge in [0.1, 0.15) is 0 Å². The van der Waals surface area contributed by atoms with Gasteiger partial charge in [0, 0.05) is 28.7 Å². The number of aromatic nitrogens is 2. The summed E-state index contributed by atoms with van der Waals surface area (Å²) in [4.78, 5) is 22.7. The number of ether oxygens (including phenoxy) is 1. The smallest absolute Gasteiger partial charge is 0.251 e. The SMILES string of the molecule is CCNC(=O)c1cccc(-c2ccnc(Nc3nc4c(s3)CCCC4O)c2OC2CCC2)c1. The summed E-state index contributed by atoms with van der Waals surface area (Å²) in [5.74, 6) is 1.17. The lowest BCUT2D eigenvalue weighted by Gasteiger charge is -2.28. The van der Waals surface area contributed by atoms with E-state index in [2.05, 4.69) is 20.6 Å². The van der Waals surface area contributed by atoms with E-state index in [9.17, 15) is 9.90 Å². The summed E-state index contributed by atoms with van der Waals surface area (Å²) in [6.07, 6.45) is 7.27. The number of carbonyl (C=O) groups is 1. The van der Waals surface area contributed by atoms with Gasteiger partial charge in [0.25, 0.3) is 5.91 Å². The summed E-state index contributed by atoms with van der Waals surface area (Å²) in [5.41, 5.74) is 3.16. The topological polar surface area (TPSA) is 96.4 Å². The first-order valence-corrected chi connectivity index (χ1v) is 12.4. The lowest BCUT2D eigenvalue weighted by atomic mass is 9.96. The highest BCUT2D eigenvalue weighted by Gasteiger charge is 2.26. The number of thiazole rings is 1. The number of aliphatic hydroxyl groups is 1. The molecule has 3 N–H and O–H groups in total. The molecule has 1 fully saturated rings. The fourth-order valence-electron chi connectivity index (χ4n) is 4.18. The number of amides is 1. The van der Waals surface area contributed by atoms with E-state index < -0.39 is 6.10 Å². The van der Waals surface area contributed by atoms with Crippen LogP contribution in [0.2, 0.25) is 0 Å². The second kappa shape index (κ2) is 9.49. The Labute approximate surface area is 197 Å². The summed E-state index contributed by atoms with van der Waals surface area (Å²) in [6, 6.07) is 9.49.